The highest BCUT2D eigenvalue weighted by Crippen LogP contribution is 2.39. The zero-order valence-corrected chi connectivity index (χ0v) is 20.7. The first-order valence-electron chi connectivity index (χ1n) is 13.1. The maximum atomic E-state index is 10.6. The van der Waals surface area contributed by atoms with Gasteiger partial charge in [0.25, 0.3) is 0 Å². The van der Waals surface area contributed by atoms with Crippen LogP contribution in [-0.2, 0) is 28.4 Å². The van der Waals surface area contributed by atoms with Gasteiger partial charge in [-0.1, -0.05) is 51.9 Å². The molecule has 10 atom stereocenters. The van der Waals surface area contributed by atoms with Gasteiger partial charge in [-0.25, -0.2) is 0 Å². The van der Waals surface area contributed by atoms with E-state index < -0.39 is 68.0 Å². The summed E-state index contributed by atoms with van der Waals surface area (Å²) in [5, 5.41) is 50.6. The van der Waals surface area contributed by atoms with Gasteiger partial charge in [0.2, 0.25) is 0 Å². The number of aliphatic hydroxyl groups excluding tert-OH is 5. The van der Waals surface area contributed by atoms with Gasteiger partial charge in [-0.05, 0) is 6.42 Å². The smallest absolute Gasteiger partial charge is 0.187 e. The molecule has 0 aromatic carbocycles. The zero-order valence-electron chi connectivity index (χ0n) is 20.7. The second kappa shape index (κ2) is 15.1. The van der Waals surface area contributed by atoms with E-state index in [-0.39, 0.29) is 13.2 Å². The van der Waals surface area contributed by atoms with E-state index >= 15 is 0 Å². The Morgan fingerprint density at radius 2 is 1.29 bits per heavy atom. The average molecular weight is 509 g/mol. The molecule has 3 saturated heterocycles. The van der Waals surface area contributed by atoms with Gasteiger partial charge in [0.1, 0.15) is 48.8 Å². The van der Waals surface area contributed by atoms with Crippen molar-refractivity contribution in [1.29, 1.82) is 0 Å². The lowest BCUT2D eigenvalue weighted by molar-refractivity contribution is -0.342. The molecule has 3 aliphatic heterocycles. The summed E-state index contributed by atoms with van der Waals surface area (Å²) in [4.78, 5) is 0. The van der Waals surface area contributed by atoms with Crippen LogP contribution in [0.25, 0.3) is 0 Å². The Hall–Kier alpha value is -0.440. The summed E-state index contributed by atoms with van der Waals surface area (Å²) >= 11 is 0. The highest BCUT2D eigenvalue weighted by molar-refractivity contribution is 5.02. The Kier molecular flexibility index (Phi) is 12.6. The third-order valence-electron chi connectivity index (χ3n) is 6.80. The van der Waals surface area contributed by atoms with Crippen molar-refractivity contribution in [2.24, 2.45) is 0 Å². The largest absolute Gasteiger partial charge is 0.394 e. The number of rotatable bonds is 17. The number of fused-ring (bicyclic) bond motifs is 1. The lowest BCUT2D eigenvalue weighted by Gasteiger charge is -2.43. The molecule has 0 spiro atoms. The van der Waals surface area contributed by atoms with E-state index in [9.17, 15) is 25.5 Å². The molecule has 35 heavy (non-hydrogen) atoms. The summed E-state index contributed by atoms with van der Waals surface area (Å²) in [6.45, 7) is 2.48. The lowest BCUT2D eigenvalue weighted by atomic mass is 9.98. The molecule has 5 N–H and O–H groups in total. The molecular formula is C24H44O11. The van der Waals surface area contributed by atoms with E-state index in [0.717, 1.165) is 12.8 Å². The lowest BCUT2D eigenvalue weighted by Crippen LogP contribution is -2.62. The van der Waals surface area contributed by atoms with Crippen LogP contribution >= 0.6 is 0 Å². The molecule has 11 nitrogen and oxygen atoms in total. The Labute approximate surface area is 207 Å². The third-order valence-corrected chi connectivity index (χ3v) is 6.80. The van der Waals surface area contributed by atoms with Crippen LogP contribution < -0.4 is 0 Å². The Balaban J connectivity index is 1.33. The number of hydrogen-bond acceptors (Lipinski definition) is 11. The molecule has 3 fully saturated rings. The van der Waals surface area contributed by atoms with Gasteiger partial charge in [0, 0.05) is 6.61 Å². The Bertz CT molecular complexity index is 580. The van der Waals surface area contributed by atoms with E-state index in [2.05, 4.69) is 6.92 Å². The summed E-state index contributed by atoms with van der Waals surface area (Å²) < 4.78 is 33.3. The minimum Gasteiger partial charge on any atom is -0.394 e. The highest BCUT2D eigenvalue weighted by atomic mass is 16.8. The number of aliphatic hydroxyl groups is 5. The van der Waals surface area contributed by atoms with Crippen molar-refractivity contribution in [2.75, 3.05) is 33.0 Å². The number of unbranched alkanes of at least 4 members (excludes halogenated alkanes) is 7. The quantitative estimate of drug-likeness (QED) is 0.131. The topological polar surface area (TPSA) is 160 Å². The van der Waals surface area contributed by atoms with Gasteiger partial charge >= 0.3 is 0 Å². The molecule has 0 bridgehead atoms. The van der Waals surface area contributed by atoms with Gasteiger partial charge in [-0.3, -0.25) is 0 Å². The van der Waals surface area contributed by atoms with Crippen LogP contribution in [0.5, 0.6) is 0 Å². The molecule has 11 heteroatoms. The molecule has 0 saturated carbocycles. The number of ether oxygens (including phenoxy) is 6. The van der Waals surface area contributed by atoms with E-state index in [1.54, 1.807) is 0 Å². The van der Waals surface area contributed by atoms with Crippen molar-refractivity contribution in [3.05, 3.63) is 0 Å². The van der Waals surface area contributed by atoms with Crippen LogP contribution in [0, 0.1) is 0 Å². The minimum absolute atomic E-state index is 0.151. The van der Waals surface area contributed by atoms with Gasteiger partial charge < -0.3 is 54.0 Å². The second-order valence-corrected chi connectivity index (χ2v) is 9.55. The molecule has 0 amide bonds. The zero-order chi connectivity index (χ0) is 25.2. The first kappa shape index (κ1) is 29.1. The molecule has 0 aliphatic carbocycles. The first-order valence-corrected chi connectivity index (χ1v) is 13.1. The predicted molar refractivity (Wildman–Crippen MR) is 122 cm³/mol. The first-order chi connectivity index (χ1) is 17.0. The van der Waals surface area contributed by atoms with Crippen molar-refractivity contribution < 1.29 is 54.0 Å². The Morgan fingerprint density at radius 1 is 0.629 bits per heavy atom. The van der Waals surface area contributed by atoms with Crippen molar-refractivity contribution in [2.45, 2.75) is 120 Å². The van der Waals surface area contributed by atoms with E-state index in [1.165, 1.54) is 38.5 Å². The standard InChI is InChI=1S/C24H44O11/c1-2-3-4-5-6-7-8-9-10-30-11-12-31-23-18(28)17(27)20(15(13-25)32-23)35-24-19(29)22-21(34-22)16(14-26)33-24/h15-29H,2-14H2,1H3/t15?,16?,17-,18?,19?,20-,21-,22-,23-,24-/m0/s1. The van der Waals surface area contributed by atoms with Gasteiger partial charge in [0.15, 0.2) is 12.6 Å². The van der Waals surface area contributed by atoms with E-state index in [4.69, 9.17) is 28.4 Å². The van der Waals surface area contributed by atoms with Crippen molar-refractivity contribution >= 4 is 0 Å². The van der Waals surface area contributed by atoms with Crippen LogP contribution in [-0.4, -0.2) is 120 Å². The maximum Gasteiger partial charge on any atom is 0.187 e. The molecule has 0 radical (unpaired) electrons. The van der Waals surface area contributed by atoms with Gasteiger partial charge in [-0.15, -0.1) is 0 Å². The molecular weight excluding hydrogens is 464 g/mol. The molecule has 0 aromatic heterocycles. The predicted octanol–water partition coefficient (Wildman–Crippen LogP) is -0.170. The fraction of sp³-hybridized carbons (Fsp3) is 1.00. The normalized spacial score (nSPS) is 38.9. The monoisotopic (exact) mass is 508 g/mol. The summed E-state index contributed by atoms with van der Waals surface area (Å²) in [6, 6.07) is 0. The van der Waals surface area contributed by atoms with Crippen LogP contribution in [0.4, 0.5) is 0 Å². The van der Waals surface area contributed by atoms with Gasteiger partial charge in [0.05, 0.1) is 26.4 Å². The minimum atomic E-state index is -1.47. The maximum absolute atomic E-state index is 10.6. The molecule has 0 aromatic rings. The summed E-state index contributed by atoms with van der Waals surface area (Å²) in [7, 11) is 0. The summed E-state index contributed by atoms with van der Waals surface area (Å²) in [5.74, 6) is 0. The number of hydrogen-bond donors (Lipinski definition) is 5. The fourth-order valence-corrected chi connectivity index (χ4v) is 4.63. The van der Waals surface area contributed by atoms with Crippen LogP contribution in [0.3, 0.4) is 0 Å². The summed E-state index contributed by atoms with van der Waals surface area (Å²) in [5.41, 5.74) is 0. The molecule has 4 unspecified atom stereocenters. The SMILES string of the molecule is CCCCCCCCCCOCCO[C@H]1OC(CO)[C@H](O[C@@H]2OC(CO)[C@@H]3O[C@H]3C2O)[C@@H](O)C1O. The Morgan fingerprint density at radius 3 is 1.97 bits per heavy atom. The van der Waals surface area contributed by atoms with E-state index in [0.29, 0.717) is 13.2 Å². The number of epoxide rings is 1. The average Bonchev–Trinajstić information content (AvgIpc) is 3.67. The van der Waals surface area contributed by atoms with Crippen molar-refractivity contribution in [3.63, 3.8) is 0 Å². The summed E-state index contributed by atoms with van der Waals surface area (Å²) in [6.07, 6.45) is -0.503. The molecule has 3 rings (SSSR count). The van der Waals surface area contributed by atoms with Gasteiger partial charge in [-0.2, -0.15) is 0 Å². The van der Waals surface area contributed by atoms with Crippen LogP contribution in [0.2, 0.25) is 0 Å². The highest BCUT2D eigenvalue weighted by Gasteiger charge is 2.59. The fourth-order valence-electron chi connectivity index (χ4n) is 4.63. The van der Waals surface area contributed by atoms with E-state index in [1.807, 2.05) is 0 Å². The van der Waals surface area contributed by atoms with Crippen LogP contribution in [0.15, 0.2) is 0 Å². The van der Waals surface area contributed by atoms with Crippen molar-refractivity contribution in [3.8, 4) is 0 Å². The second-order valence-electron chi connectivity index (χ2n) is 9.55. The molecule has 3 aliphatic rings. The molecule has 206 valence electrons. The van der Waals surface area contributed by atoms with Crippen molar-refractivity contribution in [1.82, 2.24) is 0 Å². The molecule has 3 heterocycles. The third kappa shape index (κ3) is 8.27. The van der Waals surface area contributed by atoms with Crippen LogP contribution in [0.1, 0.15) is 58.3 Å².